The van der Waals surface area contributed by atoms with Crippen molar-refractivity contribution < 1.29 is 9.15 Å². The molecule has 0 radical (unpaired) electrons. The van der Waals surface area contributed by atoms with Gasteiger partial charge in [-0.1, -0.05) is 0 Å². The number of hydrogen-bond acceptors (Lipinski definition) is 3. The molecule has 2 aromatic rings. The Hall–Kier alpha value is -1.48. The smallest absolute Gasteiger partial charge is 0.134 e. The molecule has 0 bridgehead atoms. The minimum Gasteiger partial charge on any atom is -0.490 e. The van der Waals surface area contributed by atoms with Crippen LogP contribution in [0.15, 0.2) is 28.9 Å². The van der Waals surface area contributed by atoms with E-state index in [1.165, 1.54) is 0 Å². The lowest BCUT2D eigenvalue weighted by atomic mass is 10.1. The van der Waals surface area contributed by atoms with Gasteiger partial charge in [-0.25, -0.2) is 0 Å². The highest BCUT2D eigenvalue weighted by atomic mass is 16.5. The second-order valence-corrected chi connectivity index (χ2v) is 4.64. The summed E-state index contributed by atoms with van der Waals surface area (Å²) >= 11 is 0. The van der Waals surface area contributed by atoms with E-state index in [9.17, 15) is 0 Å². The number of benzene rings is 1. The molecule has 1 aliphatic heterocycles. The first-order valence-corrected chi connectivity index (χ1v) is 6.18. The van der Waals surface area contributed by atoms with Crippen LogP contribution in [0.2, 0.25) is 0 Å². The number of fused-ring (bicyclic) bond motifs is 1. The maximum atomic E-state index is 6.01. The number of furan rings is 1. The Kier molecular flexibility index (Phi) is 2.77. The van der Waals surface area contributed by atoms with Gasteiger partial charge in [-0.05, 0) is 56.6 Å². The summed E-state index contributed by atoms with van der Waals surface area (Å²) < 4.78 is 11.4. The standard InChI is InChI=1S/C14H17NO2/c1-10-9-16-14-3-2-12(8-13(10)14)17-11-4-6-15-7-5-11/h2-3,8-9,11,15H,4-7H2,1H3. The zero-order valence-corrected chi connectivity index (χ0v) is 10.0. The third-order valence-corrected chi connectivity index (χ3v) is 3.33. The van der Waals surface area contributed by atoms with Gasteiger partial charge in [0, 0.05) is 5.39 Å². The van der Waals surface area contributed by atoms with E-state index in [0.29, 0.717) is 6.10 Å². The van der Waals surface area contributed by atoms with Gasteiger partial charge in [0.25, 0.3) is 0 Å². The summed E-state index contributed by atoms with van der Waals surface area (Å²) in [5, 5.41) is 4.49. The highest BCUT2D eigenvalue weighted by molar-refractivity contribution is 5.82. The Morgan fingerprint density at radius 3 is 2.94 bits per heavy atom. The van der Waals surface area contributed by atoms with E-state index in [4.69, 9.17) is 9.15 Å². The Morgan fingerprint density at radius 1 is 1.29 bits per heavy atom. The lowest BCUT2D eigenvalue weighted by Crippen LogP contribution is -2.34. The summed E-state index contributed by atoms with van der Waals surface area (Å²) in [4.78, 5) is 0. The number of nitrogens with one attached hydrogen (secondary N) is 1. The third-order valence-electron chi connectivity index (χ3n) is 3.33. The zero-order chi connectivity index (χ0) is 11.7. The minimum atomic E-state index is 0.348. The second kappa shape index (κ2) is 4.41. The topological polar surface area (TPSA) is 34.4 Å². The van der Waals surface area contributed by atoms with Crippen LogP contribution in [-0.4, -0.2) is 19.2 Å². The molecule has 3 rings (SSSR count). The molecule has 0 saturated carbocycles. The average molecular weight is 231 g/mol. The Morgan fingerprint density at radius 2 is 2.12 bits per heavy atom. The molecule has 2 heterocycles. The van der Waals surface area contributed by atoms with Crippen molar-refractivity contribution in [1.82, 2.24) is 5.32 Å². The quantitative estimate of drug-likeness (QED) is 0.863. The molecule has 1 aliphatic rings. The monoisotopic (exact) mass is 231 g/mol. The van der Waals surface area contributed by atoms with Gasteiger partial charge in [-0.3, -0.25) is 0 Å². The van der Waals surface area contributed by atoms with Crippen molar-refractivity contribution in [1.29, 1.82) is 0 Å². The van der Waals surface area contributed by atoms with Gasteiger partial charge in [-0.2, -0.15) is 0 Å². The van der Waals surface area contributed by atoms with Crippen LogP contribution >= 0.6 is 0 Å². The van der Waals surface area contributed by atoms with E-state index in [1.54, 1.807) is 6.26 Å². The van der Waals surface area contributed by atoms with Crippen LogP contribution in [0.4, 0.5) is 0 Å². The van der Waals surface area contributed by atoms with Gasteiger partial charge >= 0.3 is 0 Å². The number of hydrogen-bond donors (Lipinski definition) is 1. The molecule has 17 heavy (non-hydrogen) atoms. The van der Waals surface area contributed by atoms with Crippen molar-refractivity contribution >= 4 is 11.0 Å². The van der Waals surface area contributed by atoms with Crippen molar-refractivity contribution in [3.05, 3.63) is 30.0 Å². The molecule has 1 N–H and O–H groups in total. The normalized spacial score (nSPS) is 17.5. The Balaban J connectivity index is 1.82. The summed E-state index contributed by atoms with van der Waals surface area (Å²) in [6.45, 7) is 4.16. The minimum absolute atomic E-state index is 0.348. The fraction of sp³-hybridized carbons (Fsp3) is 0.429. The molecule has 3 heteroatoms. The van der Waals surface area contributed by atoms with Crippen LogP contribution < -0.4 is 10.1 Å². The van der Waals surface area contributed by atoms with Crippen LogP contribution in [0.5, 0.6) is 5.75 Å². The molecule has 0 spiro atoms. The number of aryl methyl sites for hydroxylation is 1. The van der Waals surface area contributed by atoms with Gasteiger partial charge in [0.1, 0.15) is 17.4 Å². The molecule has 0 amide bonds. The predicted molar refractivity (Wildman–Crippen MR) is 67.5 cm³/mol. The van der Waals surface area contributed by atoms with Crippen LogP contribution in [0, 0.1) is 6.92 Å². The van der Waals surface area contributed by atoms with Gasteiger partial charge in [0.2, 0.25) is 0 Å². The summed E-state index contributed by atoms with van der Waals surface area (Å²) in [6, 6.07) is 6.06. The maximum Gasteiger partial charge on any atom is 0.134 e. The van der Waals surface area contributed by atoms with Crippen molar-refractivity contribution in [3.63, 3.8) is 0 Å². The van der Waals surface area contributed by atoms with Crippen LogP contribution in [0.25, 0.3) is 11.0 Å². The summed E-state index contributed by atoms with van der Waals surface area (Å²) in [5.74, 6) is 0.953. The lowest BCUT2D eigenvalue weighted by Gasteiger charge is -2.23. The Labute approximate surface area is 101 Å². The molecule has 1 aromatic carbocycles. The van der Waals surface area contributed by atoms with Crippen LogP contribution in [0.1, 0.15) is 18.4 Å². The molecule has 90 valence electrons. The van der Waals surface area contributed by atoms with Crippen molar-refractivity contribution in [2.45, 2.75) is 25.9 Å². The van der Waals surface area contributed by atoms with E-state index in [2.05, 4.69) is 18.3 Å². The second-order valence-electron chi connectivity index (χ2n) is 4.64. The molecule has 0 unspecified atom stereocenters. The molecule has 1 saturated heterocycles. The predicted octanol–water partition coefficient (Wildman–Crippen LogP) is 2.87. The average Bonchev–Trinajstić information content (AvgIpc) is 2.73. The van der Waals surface area contributed by atoms with E-state index in [0.717, 1.165) is 48.2 Å². The number of piperidine rings is 1. The van der Waals surface area contributed by atoms with Crippen LogP contribution in [0.3, 0.4) is 0 Å². The zero-order valence-electron chi connectivity index (χ0n) is 10.0. The summed E-state index contributed by atoms with van der Waals surface area (Å²) in [7, 11) is 0. The van der Waals surface area contributed by atoms with E-state index in [1.807, 2.05) is 12.1 Å². The first-order chi connectivity index (χ1) is 8.33. The Bertz CT molecular complexity index is 512. The number of ether oxygens (including phenoxy) is 1. The molecular formula is C14H17NO2. The van der Waals surface area contributed by atoms with Crippen molar-refractivity contribution in [3.8, 4) is 5.75 Å². The first-order valence-electron chi connectivity index (χ1n) is 6.18. The van der Waals surface area contributed by atoms with E-state index >= 15 is 0 Å². The molecule has 1 aromatic heterocycles. The highest BCUT2D eigenvalue weighted by Gasteiger charge is 2.14. The molecule has 3 nitrogen and oxygen atoms in total. The maximum absolute atomic E-state index is 6.01. The molecule has 0 aliphatic carbocycles. The third kappa shape index (κ3) is 2.15. The van der Waals surface area contributed by atoms with E-state index < -0.39 is 0 Å². The van der Waals surface area contributed by atoms with Gasteiger partial charge in [-0.15, -0.1) is 0 Å². The summed E-state index contributed by atoms with van der Waals surface area (Å²) in [5.41, 5.74) is 2.09. The van der Waals surface area contributed by atoms with Crippen molar-refractivity contribution in [2.24, 2.45) is 0 Å². The largest absolute Gasteiger partial charge is 0.490 e. The van der Waals surface area contributed by atoms with Gasteiger partial charge in [0.15, 0.2) is 0 Å². The SMILES string of the molecule is Cc1coc2ccc(OC3CCNCC3)cc12. The highest BCUT2D eigenvalue weighted by Crippen LogP contribution is 2.26. The fourth-order valence-corrected chi connectivity index (χ4v) is 2.31. The van der Waals surface area contributed by atoms with Gasteiger partial charge in [0.05, 0.1) is 6.26 Å². The molecule has 1 fully saturated rings. The number of rotatable bonds is 2. The summed E-state index contributed by atoms with van der Waals surface area (Å²) in [6.07, 6.45) is 4.31. The molecular weight excluding hydrogens is 214 g/mol. The fourth-order valence-electron chi connectivity index (χ4n) is 2.31. The van der Waals surface area contributed by atoms with Crippen LogP contribution in [-0.2, 0) is 0 Å². The van der Waals surface area contributed by atoms with Gasteiger partial charge < -0.3 is 14.5 Å². The van der Waals surface area contributed by atoms with Crippen molar-refractivity contribution in [2.75, 3.05) is 13.1 Å². The lowest BCUT2D eigenvalue weighted by molar-refractivity contribution is 0.162. The van der Waals surface area contributed by atoms with E-state index in [-0.39, 0.29) is 0 Å². The first kappa shape index (κ1) is 10.7. The molecule has 0 atom stereocenters.